The molecule has 7 heteroatoms. The molecule has 0 amide bonds. The predicted octanol–water partition coefficient (Wildman–Crippen LogP) is 0.729. The topological polar surface area (TPSA) is 55.0 Å². The lowest BCUT2D eigenvalue weighted by atomic mass is 10.4. The highest BCUT2D eigenvalue weighted by Crippen LogP contribution is 2.07. The summed E-state index contributed by atoms with van der Waals surface area (Å²) in [7, 11) is 0. The zero-order chi connectivity index (χ0) is 8.43. The Bertz CT molecular complexity index is 285. The second-order valence-electron chi connectivity index (χ2n) is 1.56. The summed E-state index contributed by atoms with van der Waals surface area (Å²) in [6, 6.07) is 0. The van der Waals surface area contributed by atoms with Gasteiger partial charge in [-0.3, -0.25) is 0 Å². The highest BCUT2D eigenvalue weighted by Gasteiger charge is 2.21. The van der Waals surface area contributed by atoms with E-state index >= 15 is 0 Å². The van der Waals surface area contributed by atoms with Gasteiger partial charge in [0.1, 0.15) is 0 Å². The number of carbonyl (C=O) groups is 1. The molecule has 1 rings (SSSR count). The largest absolute Gasteiger partial charge is 0.402 e. The normalized spacial score (nSPS) is 9.73. The van der Waals surface area contributed by atoms with Crippen molar-refractivity contribution in [2.24, 2.45) is 0 Å². The van der Waals surface area contributed by atoms with Crippen molar-refractivity contribution in [2.75, 3.05) is 0 Å². The Labute approximate surface area is 57.9 Å². The molecule has 0 saturated carbocycles. The molecule has 0 saturated heterocycles. The van der Waals surface area contributed by atoms with Gasteiger partial charge in [-0.05, 0) is 0 Å². The molecule has 1 N–H and O–H groups in total. The van der Waals surface area contributed by atoms with Crippen LogP contribution < -0.4 is 0 Å². The van der Waals surface area contributed by atoms with Gasteiger partial charge < -0.3 is 0 Å². The molecular formula is C4HF3N2O2. The third kappa shape index (κ3) is 1.16. The summed E-state index contributed by atoms with van der Waals surface area (Å²) >= 11 is 0. The number of hydrogen-bond donors (Lipinski definition) is 1. The first-order valence-electron chi connectivity index (χ1n) is 2.39. The highest BCUT2D eigenvalue weighted by atomic mass is 19.3. The molecule has 0 unspecified atom stereocenters. The van der Waals surface area contributed by atoms with Crippen molar-refractivity contribution in [3.05, 3.63) is 17.5 Å². The minimum Gasteiger partial charge on any atom is -0.250 e. The number of rotatable bonds is 1. The van der Waals surface area contributed by atoms with Gasteiger partial charge >= 0.3 is 5.97 Å². The lowest BCUT2D eigenvalue weighted by Gasteiger charge is -1.85. The summed E-state index contributed by atoms with van der Waals surface area (Å²) in [5, 5.41) is 4.29. The highest BCUT2D eigenvalue weighted by molar-refractivity contribution is 5.86. The summed E-state index contributed by atoms with van der Waals surface area (Å²) in [5.41, 5.74) is -1.05. The van der Waals surface area contributed by atoms with Gasteiger partial charge in [0.25, 0.3) is 0 Å². The average Bonchev–Trinajstić information content (AvgIpc) is 2.32. The Kier molecular flexibility index (Phi) is 1.79. The van der Waals surface area contributed by atoms with Crippen LogP contribution in [0, 0.1) is 11.8 Å². The first kappa shape index (κ1) is 7.58. The van der Waals surface area contributed by atoms with Crippen molar-refractivity contribution >= 4 is 5.97 Å². The third-order valence-corrected chi connectivity index (χ3v) is 0.930. The van der Waals surface area contributed by atoms with Crippen LogP contribution in [-0.4, -0.2) is 16.2 Å². The summed E-state index contributed by atoms with van der Waals surface area (Å²) < 4.78 is 35.3. The van der Waals surface area contributed by atoms with Gasteiger partial charge in [-0.1, -0.05) is 0 Å². The van der Waals surface area contributed by atoms with E-state index in [2.05, 4.69) is 10.0 Å². The molecule has 0 aliphatic carbocycles. The zero-order valence-corrected chi connectivity index (χ0v) is 4.90. The van der Waals surface area contributed by atoms with Gasteiger partial charge in [0, 0.05) is 4.53 Å². The van der Waals surface area contributed by atoms with E-state index < -0.39 is 23.4 Å². The SMILES string of the molecule is O=C(OF)c1n[nH]c(F)c1F. The molecule has 60 valence electrons. The Balaban J connectivity index is 3.04. The Morgan fingerprint density at radius 2 is 2.18 bits per heavy atom. The van der Waals surface area contributed by atoms with Crippen LogP contribution in [0.3, 0.4) is 0 Å². The van der Waals surface area contributed by atoms with E-state index in [9.17, 15) is 18.1 Å². The molecule has 4 nitrogen and oxygen atoms in total. The van der Waals surface area contributed by atoms with E-state index in [-0.39, 0.29) is 0 Å². The molecule has 0 aromatic carbocycles. The van der Waals surface area contributed by atoms with Crippen molar-refractivity contribution in [1.82, 2.24) is 10.2 Å². The van der Waals surface area contributed by atoms with Gasteiger partial charge in [0.05, 0.1) is 0 Å². The second-order valence-corrected chi connectivity index (χ2v) is 1.56. The van der Waals surface area contributed by atoms with Crippen LogP contribution in [0.1, 0.15) is 10.5 Å². The van der Waals surface area contributed by atoms with E-state index in [1.807, 2.05) is 0 Å². The number of carbonyl (C=O) groups excluding carboxylic acids is 1. The number of aromatic nitrogens is 2. The van der Waals surface area contributed by atoms with Gasteiger partial charge in [0.2, 0.25) is 17.5 Å². The van der Waals surface area contributed by atoms with Crippen LogP contribution in [-0.2, 0) is 4.94 Å². The summed E-state index contributed by atoms with van der Waals surface area (Å²) in [4.78, 5) is 12.8. The number of aromatic amines is 1. The van der Waals surface area contributed by atoms with Crippen molar-refractivity contribution < 1.29 is 23.0 Å². The molecule has 0 radical (unpaired) electrons. The lowest BCUT2D eigenvalue weighted by Crippen LogP contribution is -2.01. The number of hydrogen-bond acceptors (Lipinski definition) is 3. The summed E-state index contributed by atoms with van der Waals surface area (Å²) in [5.74, 6) is -4.68. The number of nitrogens with zero attached hydrogens (tertiary/aromatic N) is 1. The fourth-order valence-corrected chi connectivity index (χ4v) is 0.479. The van der Waals surface area contributed by atoms with Gasteiger partial charge in [-0.15, -0.1) is 0 Å². The van der Waals surface area contributed by atoms with Crippen LogP contribution in [0.2, 0.25) is 0 Å². The fraction of sp³-hybridized carbons (Fsp3) is 0. The minimum absolute atomic E-state index is 1.05. The van der Waals surface area contributed by atoms with Crippen molar-refractivity contribution in [1.29, 1.82) is 0 Å². The van der Waals surface area contributed by atoms with Crippen LogP contribution in [0.25, 0.3) is 0 Å². The van der Waals surface area contributed by atoms with Crippen molar-refractivity contribution in [2.45, 2.75) is 0 Å². The smallest absolute Gasteiger partial charge is 0.250 e. The molecule has 0 atom stereocenters. The Hall–Kier alpha value is -1.53. The minimum atomic E-state index is -1.68. The van der Waals surface area contributed by atoms with E-state index in [1.165, 1.54) is 5.10 Å². The maximum atomic E-state index is 12.3. The lowest BCUT2D eigenvalue weighted by molar-refractivity contribution is -0.0797. The fourth-order valence-electron chi connectivity index (χ4n) is 0.479. The predicted molar refractivity (Wildman–Crippen MR) is 25.0 cm³/mol. The second kappa shape index (κ2) is 2.60. The molecule has 0 spiro atoms. The molecule has 1 aromatic heterocycles. The van der Waals surface area contributed by atoms with E-state index in [0.717, 1.165) is 0 Å². The van der Waals surface area contributed by atoms with Gasteiger partial charge in [-0.2, -0.15) is 13.9 Å². The van der Waals surface area contributed by atoms with Crippen molar-refractivity contribution in [3.8, 4) is 0 Å². The first-order chi connectivity index (χ1) is 5.16. The monoisotopic (exact) mass is 166 g/mol. The molecule has 0 aliphatic rings. The quantitative estimate of drug-likeness (QED) is 0.668. The molecule has 0 fully saturated rings. The molecule has 1 heterocycles. The summed E-state index contributed by atoms with van der Waals surface area (Å²) in [6.45, 7) is 0. The van der Waals surface area contributed by atoms with Crippen LogP contribution in [0.5, 0.6) is 0 Å². The summed E-state index contributed by atoms with van der Waals surface area (Å²) in [6.07, 6.45) is 0. The van der Waals surface area contributed by atoms with E-state index in [0.29, 0.717) is 0 Å². The number of H-pyrrole nitrogens is 1. The standard InChI is InChI=1S/C4HF3N2O2/c5-1-2(4(10)11-7)8-9-3(1)6/h(H,8,9). The van der Waals surface area contributed by atoms with Gasteiger partial charge in [0.15, 0.2) is 0 Å². The Morgan fingerprint density at radius 1 is 1.55 bits per heavy atom. The van der Waals surface area contributed by atoms with Crippen LogP contribution in [0.4, 0.5) is 13.3 Å². The Morgan fingerprint density at radius 3 is 2.55 bits per heavy atom. The van der Waals surface area contributed by atoms with Crippen molar-refractivity contribution in [3.63, 3.8) is 0 Å². The first-order valence-corrected chi connectivity index (χ1v) is 2.39. The van der Waals surface area contributed by atoms with E-state index in [1.54, 1.807) is 0 Å². The van der Waals surface area contributed by atoms with Gasteiger partial charge in [-0.25, -0.2) is 14.8 Å². The third-order valence-electron chi connectivity index (χ3n) is 0.930. The maximum absolute atomic E-state index is 12.3. The number of nitrogens with one attached hydrogen (secondary N) is 1. The molecule has 11 heavy (non-hydrogen) atoms. The zero-order valence-electron chi connectivity index (χ0n) is 4.90. The molecule has 0 bridgehead atoms. The molecule has 1 aromatic rings. The van der Waals surface area contributed by atoms with Crippen LogP contribution >= 0.6 is 0 Å². The van der Waals surface area contributed by atoms with E-state index in [4.69, 9.17) is 0 Å². The molecular weight excluding hydrogens is 165 g/mol. The molecule has 0 aliphatic heterocycles. The maximum Gasteiger partial charge on any atom is 0.402 e. The van der Waals surface area contributed by atoms with Crippen LogP contribution in [0.15, 0.2) is 0 Å². The number of halogens is 3. The average molecular weight is 166 g/mol.